The van der Waals surface area contributed by atoms with Gasteiger partial charge < -0.3 is 15.6 Å². The number of carbonyl (C=O) groups excluding carboxylic acids is 2. The van der Waals surface area contributed by atoms with Gasteiger partial charge in [-0.1, -0.05) is 24.3 Å². The number of benzene rings is 1. The van der Waals surface area contributed by atoms with Crippen molar-refractivity contribution >= 4 is 41.6 Å². The Morgan fingerprint density at radius 3 is 2.67 bits per heavy atom. The van der Waals surface area contributed by atoms with Crippen LogP contribution in [0.2, 0.25) is 0 Å². The Morgan fingerprint density at radius 2 is 1.90 bits per heavy atom. The molecule has 1 aliphatic heterocycles. The molecule has 0 unspecified atom stereocenters. The molecular formula is C23H23ClN4O2. The summed E-state index contributed by atoms with van der Waals surface area (Å²) < 4.78 is 0. The lowest BCUT2D eigenvalue weighted by molar-refractivity contribution is -0.110. The summed E-state index contributed by atoms with van der Waals surface area (Å²) in [5, 5.41) is 5.83. The van der Waals surface area contributed by atoms with Gasteiger partial charge in [-0.3, -0.25) is 14.6 Å². The van der Waals surface area contributed by atoms with Gasteiger partial charge in [-0.2, -0.15) is 0 Å². The molecule has 0 radical (unpaired) electrons. The summed E-state index contributed by atoms with van der Waals surface area (Å²) >= 11 is 0. The zero-order valence-electron chi connectivity index (χ0n) is 16.8. The van der Waals surface area contributed by atoms with Gasteiger partial charge >= 0.3 is 0 Å². The van der Waals surface area contributed by atoms with Gasteiger partial charge in [0.1, 0.15) is 0 Å². The lowest BCUT2D eigenvalue weighted by Crippen LogP contribution is -2.26. The van der Waals surface area contributed by atoms with Gasteiger partial charge in [-0.15, -0.1) is 12.4 Å². The SMILES string of the molecule is Cc1[nH]c(/C=C2\C(=O)Nc3ccccc32)c(C)c1C(=O)NCCc1ccccn1.Cl. The lowest BCUT2D eigenvalue weighted by atomic mass is 10.0. The van der Waals surface area contributed by atoms with E-state index >= 15 is 0 Å². The molecule has 3 aromatic rings. The van der Waals surface area contributed by atoms with Gasteiger partial charge in [0, 0.05) is 47.5 Å². The van der Waals surface area contributed by atoms with Crippen molar-refractivity contribution < 1.29 is 9.59 Å². The van der Waals surface area contributed by atoms with Crippen molar-refractivity contribution in [3.8, 4) is 0 Å². The Labute approximate surface area is 181 Å². The van der Waals surface area contributed by atoms with Crippen LogP contribution in [0.25, 0.3) is 11.6 Å². The molecule has 0 aliphatic carbocycles. The highest BCUT2D eigenvalue weighted by Gasteiger charge is 2.25. The minimum Gasteiger partial charge on any atom is -0.358 e. The second-order valence-electron chi connectivity index (χ2n) is 7.05. The Morgan fingerprint density at radius 1 is 1.13 bits per heavy atom. The molecule has 0 bridgehead atoms. The fraction of sp³-hybridized carbons (Fsp3) is 0.174. The molecule has 0 saturated heterocycles. The first kappa shape index (κ1) is 21.3. The zero-order valence-corrected chi connectivity index (χ0v) is 17.6. The molecular weight excluding hydrogens is 400 g/mol. The van der Waals surface area contributed by atoms with E-state index in [0.29, 0.717) is 24.1 Å². The van der Waals surface area contributed by atoms with Crippen molar-refractivity contribution in [2.75, 3.05) is 11.9 Å². The first-order valence-electron chi connectivity index (χ1n) is 9.54. The number of hydrogen-bond acceptors (Lipinski definition) is 3. The topological polar surface area (TPSA) is 86.9 Å². The smallest absolute Gasteiger partial charge is 0.256 e. The molecule has 2 amide bonds. The van der Waals surface area contributed by atoms with Gasteiger partial charge in [0.05, 0.1) is 11.1 Å². The van der Waals surface area contributed by atoms with E-state index in [4.69, 9.17) is 0 Å². The number of carbonyl (C=O) groups is 2. The van der Waals surface area contributed by atoms with Crippen LogP contribution in [-0.4, -0.2) is 28.3 Å². The molecule has 2 aromatic heterocycles. The molecule has 6 nitrogen and oxygen atoms in total. The Kier molecular flexibility index (Phi) is 6.37. The molecule has 0 fully saturated rings. The van der Waals surface area contributed by atoms with Crippen LogP contribution in [0.3, 0.4) is 0 Å². The molecule has 0 spiro atoms. The van der Waals surface area contributed by atoms with Gasteiger partial charge in [-0.25, -0.2) is 0 Å². The van der Waals surface area contributed by atoms with Crippen LogP contribution in [0.5, 0.6) is 0 Å². The summed E-state index contributed by atoms with van der Waals surface area (Å²) in [6.45, 7) is 4.26. The monoisotopic (exact) mass is 422 g/mol. The van der Waals surface area contributed by atoms with Crippen molar-refractivity contribution in [3.05, 3.63) is 82.4 Å². The van der Waals surface area contributed by atoms with E-state index in [0.717, 1.165) is 33.9 Å². The number of fused-ring (bicyclic) bond motifs is 1. The summed E-state index contributed by atoms with van der Waals surface area (Å²) in [6.07, 6.45) is 4.23. The van der Waals surface area contributed by atoms with Crippen LogP contribution >= 0.6 is 12.4 Å². The maximum absolute atomic E-state index is 12.7. The summed E-state index contributed by atoms with van der Waals surface area (Å²) in [6, 6.07) is 13.3. The van der Waals surface area contributed by atoms with Gasteiger partial charge in [-0.05, 0) is 43.7 Å². The van der Waals surface area contributed by atoms with E-state index in [1.165, 1.54) is 0 Å². The first-order chi connectivity index (χ1) is 14.0. The number of pyridine rings is 1. The first-order valence-corrected chi connectivity index (χ1v) is 9.54. The normalized spacial score (nSPS) is 13.5. The highest BCUT2D eigenvalue weighted by Crippen LogP contribution is 2.33. The molecule has 0 atom stereocenters. The number of rotatable bonds is 5. The third-order valence-electron chi connectivity index (χ3n) is 5.09. The number of anilines is 1. The van der Waals surface area contributed by atoms with Gasteiger partial charge in [0.25, 0.3) is 11.8 Å². The highest BCUT2D eigenvalue weighted by atomic mass is 35.5. The minimum absolute atomic E-state index is 0. The van der Waals surface area contributed by atoms with Crippen molar-refractivity contribution in [2.24, 2.45) is 0 Å². The zero-order chi connectivity index (χ0) is 20.4. The maximum atomic E-state index is 12.7. The number of H-pyrrole nitrogens is 1. The number of aromatic amines is 1. The molecule has 154 valence electrons. The average Bonchev–Trinajstić information content (AvgIpc) is 3.18. The van der Waals surface area contributed by atoms with E-state index in [1.54, 1.807) is 6.20 Å². The van der Waals surface area contributed by atoms with E-state index in [-0.39, 0.29) is 24.2 Å². The van der Waals surface area contributed by atoms with Crippen molar-refractivity contribution in [3.63, 3.8) is 0 Å². The van der Waals surface area contributed by atoms with Crippen molar-refractivity contribution in [1.29, 1.82) is 0 Å². The third kappa shape index (κ3) is 4.14. The molecule has 1 aliphatic rings. The summed E-state index contributed by atoms with van der Waals surface area (Å²) in [7, 11) is 0. The number of amides is 2. The number of nitrogens with one attached hydrogen (secondary N) is 3. The van der Waals surface area contributed by atoms with Crippen LogP contribution in [0, 0.1) is 13.8 Å². The standard InChI is InChI=1S/C23H22N4O2.ClH/c1-14-20(13-18-17-8-3-4-9-19(17)27-22(18)28)26-15(2)21(14)23(29)25-12-10-16-7-5-6-11-24-16;/h3-9,11,13,26H,10,12H2,1-2H3,(H,25,29)(H,27,28);1H/b18-13-;. The van der Waals surface area contributed by atoms with E-state index in [9.17, 15) is 9.59 Å². The Hall–Kier alpha value is -3.38. The second-order valence-corrected chi connectivity index (χ2v) is 7.05. The number of para-hydroxylation sites is 1. The number of aryl methyl sites for hydroxylation is 1. The van der Waals surface area contributed by atoms with Crippen LogP contribution in [-0.2, 0) is 11.2 Å². The second kappa shape index (κ2) is 8.97. The van der Waals surface area contributed by atoms with E-state index in [2.05, 4.69) is 20.6 Å². The third-order valence-corrected chi connectivity index (χ3v) is 5.09. The predicted molar refractivity (Wildman–Crippen MR) is 121 cm³/mol. The quantitative estimate of drug-likeness (QED) is 0.545. The molecule has 0 saturated carbocycles. The number of hydrogen-bond donors (Lipinski definition) is 3. The van der Waals surface area contributed by atoms with Crippen LogP contribution in [0.15, 0.2) is 48.7 Å². The Bertz CT molecular complexity index is 1120. The van der Waals surface area contributed by atoms with Gasteiger partial charge in [0.15, 0.2) is 0 Å². The van der Waals surface area contributed by atoms with Crippen LogP contribution in [0.4, 0.5) is 5.69 Å². The molecule has 3 heterocycles. The number of aromatic nitrogens is 2. The molecule has 30 heavy (non-hydrogen) atoms. The van der Waals surface area contributed by atoms with Crippen LogP contribution in [0.1, 0.15) is 38.6 Å². The minimum atomic E-state index is -0.140. The molecule has 1 aromatic carbocycles. The fourth-order valence-corrected chi connectivity index (χ4v) is 3.62. The summed E-state index contributed by atoms with van der Waals surface area (Å²) in [5.41, 5.74) is 6.17. The Balaban J connectivity index is 0.00000256. The average molecular weight is 423 g/mol. The molecule has 7 heteroatoms. The van der Waals surface area contributed by atoms with Crippen molar-refractivity contribution in [1.82, 2.24) is 15.3 Å². The molecule has 3 N–H and O–H groups in total. The van der Waals surface area contributed by atoms with Gasteiger partial charge in [0.2, 0.25) is 0 Å². The predicted octanol–water partition coefficient (Wildman–Crippen LogP) is 3.91. The summed E-state index contributed by atoms with van der Waals surface area (Å²) in [4.78, 5) is 32.6. The fourth-order valence-electron chi connectivity index (χ4n) is 3.62. The van der Waals surface area contributed by atoms with E-state index < -0.39 is 0 Å². The van der Waals surface area contributed by atoms with Crippen LogP contribution < -0.4 is 10.6 Å². The van der Waals surface area contributed by atoms with Crippen molar-refractivity contribution in [2.45, 2.75) is 20.3 Å². The maximum Gasteiger partial charge on any atom is 0.256 e. The number of nitrogens with zero attached hydrogens (tertiary/aromatic N) is 1. The molecule has 4 rings (SSSR count). The van der Waals surface area contributed by atoms with E-state index in [1.807, 2.05) is 62.4 Å². The lowest BCUT2D eigenvalue weighted by Gasteiger charge is -2.06. The highest BCUT2D eigenvalue weighted by molar-refractivity contribution is 6.34. The summed E-state index contributed by atoms with van der Waals surface area (Å²) in [5.74, 6) is -0.271. The number of halogens is 1. The largest absolute Gasteiger partial charge is 0.358 e.